The third-order valence-corrected chi connectivity index (χ3v) is 5.16. The summed E-state index contributed by atoms with van der Waals surface area (Å²) >= 11 is 1.70. The van der Waals surface area contributed by atoms with Gasteiger partial charge in [0.1, 0.15) is 5.69 Å². The molecule has 102 valence electrons. The molecule has 0 bridgehead atoms. The molecule has 2 aromatic rings. The van der Waals surface area contributed by atoms with E-state index in [-0.39, 0.29) is 5.91 Å². The van der Waals surface area contributed by atoms with Gasteiger partial charge in [0, 0.05) is 19.1 Å². The molecule has 1 amide bonds. The summed E-state index contributed by atoms with van der Waals surface area (Å²) in [6, 6.07) is 4.82. The van der Waals surface area contributed by atoms with Gasteiger partial charge in [-0.25, -0.2) is 0 Å². The first-order valence-corrected chi connectivity index (χ1v) is 7.83. The molecule has 19 heavy (non-hydrogen) atoms. The van der Waals surface area contributed by atoms with Crippen molar-refractivity contribution in [3.63, 3.8) is 0 Å². The highest BCUT2D eigenvalue weighted by Crippen LogP contribution is 2.28. The fourth-order valence-electron chi connectivity index (χ4n) is 3.21. The number of hydrogen-bond donors (Lipinski definition) is 0. The molecule has 0 aliphatic carbocycles. The molecule has 1 fully saturated rings. The van der Waals surface area contributed by atoms with E-state index in [0.717, 1.165) is 24.1 Å². The maximum Gasteiger partial charge on any atom is 0.271 e. The maximum absolute atomic E-state index is 12.8. The van der Waals surface area contributed by atoms with Crippen LogP contribution in [0, 0.1) is 0 Å². The van der Waals surface area contributed by atoms with Crippen LogP contribution in [0.1, 0.15) is 43.6 Å². The Hall–Kier alpha value is -1.29. The lowest BCUT2D eigenvalue weighted by Crippen LogP contribution is -2.47. The van der Waals surface area contributed by atoms with Crippen molar-refractivity contribution in [3.05, 3.63) is 23.2 Å². The third-order valence-electron chi connectivity index (χ3n) is 4.31. The van der Waals surface area contributed by atoms with Crippen molar-refractivity contribution in [2.24, 2.45) is 7.05 Å². The van der Waals surface area contributed by atoms with Crippen LogP contribution < -0.4 is 0 Å². The molecular weight excluding hydrogens is 256 g/mol. The summed E-state index contributed by atoms with van der Waals surface area (Å²) in [4.78, 5) is 14.9. The highest BCUT2D eigenvalue weighted by Gasteiger charge is 2.31. The zero-order valence-corrected chi connectivity index (χ0v) is 12.5. The van der Waals surface area contributed by atoms with Crippen LogP contribution in [0.5, 0.6) is 0 Å². The fourth-order valence-corrected chi connectivity index (χ4v) is 4.06. The number of likely N-dealkylation sites (tertiary alicyclic amines) is 1. The largest absolute Gasteiger partial charge is 0.339 e. The molecule has 3 heterocycles. The van der Waals surface area contributed by atoms with Crippen LogP contribution in [-0.2, 0) is 7.05 Å². The summed E-state index contributed by atoms with van der Waals surface area (Å²) in [5.74, 6) is 0.186. The zero-order valence-electron chi connectivity index (χ0n) is 11.7. The number of hydrogen-bond acceptors (Lipinski definition) is 2. The molecule has 2 aromatic heterocycles. The van der Waals surface area contributed by atoms with E-state index in [1.807, 2.05) is 17.7 Å². The number of carbonyl (C=O) groups is 1. The van der Waals surface area contributed by atoms with Gasteiger partial charge in [0.2, 0.25) is 0 Å². The van der Waals surface area contributed by atoms with Crippen LogP contribution >= 0.6 is 11.3 Å². The van der Waals surface area contributed by atoms with Gasteiger partial charge in [0.15, 0.2) is 0 Å². The van der Waals surface area contributed by atoms with Crippen molar-refractivity contribution in [1.82, 2.24) is 9.47 Å². The lowest BCUT2D eigenvalue weighted by molar-refractivity contribution is 0.0501. The number of fused-ring (bicyclic) bond motifs is 1. The molecule has 3 rings (SSSR count). The van der Waals surface area contributed by atoms with E-state index in [2.05, 4.69) is 30.2 Å². The number of amides is 1. The van der Waals surface area contributed by atoms with Crippen LogP contribution in [0.15, 0.2) is 17.5 Å². The predicted octanol–water partition coefficient (Wildman–Crippen LogP) is 3.64. The highest BCUT2D eigenvalue weighted by atomic mass is 32.1. The summed E-state index contributed by atoms with van der Waals surface area (Å²) in [6.07, 6.45) is 3.47. The topological polar surface area (TPSA) is 25.2 Å². The maximum atomic E-state index is 12.8. The van der Waals surface area contributed by atoms with Gasteiger partial charge in [-0.3, -0.25) is 4.79 Å². The minimum Gasteiger partial charge on any atom is -0.339 e. The van der Waals surface area contributed by atoms with Crippen LogP contribution in [0.4, 0.5) is 0 Å². The minimum atomic E-state index is 0.186. The number of thiophene rings is 1. The van der Waals surface area contributed by atoms with E-state index in [0.29, 0.717) is 12.1 Å². The molecule has 0 N–H and O–H groups in total. The summed E-state index contributed by atoms with van der Waals surface area (Å²) < 4.78 is 3.23. The smallest absolute Gasteiger partial charge is 0.271 e. The van der Waals surface area contributed by atoms with Crippen molar-refractivity contribution in [1.29, 1.82) is 0 Å². The quantitative estimate of drug-likeness (QED) is 0.780. The van der Waals surface area contributed by atoms with Crippen molar-refractivity contribution < 1.29 is 4.79 Å². The van der Waals surface area contributed by atoms with Crippen LogP contribution in [0.3, 0.4) is 0 Å². The van der Waals surface area contributed by atoms with E-state index in [1.54, 1.807) is 11.3 Å². The van der Waals surface area contributed by atoms with Gasteiger partial charge in [0.05, 0.1) is 10.2 Å². The lowest BCUT2D eigenvalue weighted by atomic mass is 9.97. The van der Waals surface area contributed by atoms with Gasteiger partial charge < -0.3 is 9.47 Å². The average Bonchev–Trinajstić information content (AvgIpc) is 2.92. The van der Waals surface area contributed by atoms with Crippen LogP contribution in [0.25, 0.3) is 10.2 Å². The zero-order chi connectivity index (χ0) is 13.6. The van der Waals surface area contributed by atoms with E-state index >= 15 is 0 Å². The summed E-state index contributed by atoms with van der Waals surface area (Å²) in [5, 5.41) is 2.07. The van der Waals surface area contributed by atoms with E-state index in [9.17, 15) is 4.79 Å². The third kappa shape index (κ3) is 1.98. The first kappa shape index (κ1) is 12.7. The number of carbonyl (C=O) groups excluding carboxylic acids is 1. The van der Waals surface area contributed by atoms with Gasteiger partial charge in [-0.15, -0.1) is 11.3 Å². The molecule has 0 saturated carbocycles. The number of nitrogens with zero attached hydrogens (tertiary/aromatic N) is 2. The van der Waals surface area contributed by atoms with Crippen LogP contribution in [-0.4, -0.2) is 27.5 Å². The standard InChI is InChI=1S/C15H20N2OS/c1-10-5-4-6-11(2)17(10)15(18)13-9-14-12(16(13)3)7-8-19-14/h7-11H,4-6H2,1-3H3/t10-,11-/m1/s1. The van der Waals surface area contributed by atoms with E-state index in [1.165, 1.54) is 11.1 Å². The second-order valence-electron chi connectivity index (χ2n) is 5.60. The number of rotatable bonds is 1. The van der Waals surface area contributed by atoms with E-state index in [4.69, 9.17) is 0 Å². The molecule has 0 radical (unpaired) electrons. The second kappa shape index (κ2) is 4.67. The highest BCUT2D eigenvalue weighted by molar-refractivity contribution is 7.17. The molecule has 2 atom stereocenters. The van der Waals surface area contributed by atoms with Gasteiger partial charge >= 0.3 is 0 Å². The Kier molecular flexibility index (Phi) is 3.13. The van der Waals surface area contributed by atoms with Crippen molar-refractivity contribution in [2.45, 2.75) is 45.2 Å². The average molecular weight is 276 g/mol. The Balaban J connectivity index is 1.98. The van der Waals surface area contributed by atoms with Gasteiger partial charge in [-0.05, 0) is 50.6 Å². The monoisotopic (exact) mass is 276 g/mol. The Morgan fingerprint density at radius 3 is 2.63 bits per heavy atom. The van der Waals surface area contributed by atoms with Gasteiger partial charge in [-0.1, -0.05) is 0 Å². The first-order chi connectivity index (χ1) is 9.09. The normalized spacial score (nSPS) is 24.1. The van der Waals surface area contributed by atoms with Crippen molar-refractivity contribution in [2.75, 3.05) is 0 Å². The SMILES string of the molecule is C[C@@H]1CCC[C@@H](C)N1C(=O)c1cc2sccc2n1C. The van der Waals surface area contributed by atoms with Crippen molar-refractivity contribution in [3.8, 4) is 0 Å². The van der Waals surface area contributed by atoms with Crippen LogP contribution in [0.2, 0.25) is 0 Å². The molecule has 0 spiro atoms. The fraction of sp³-hybridized carbons (Fsp3) is 0.533. The lowest BCUT2D eigenvalue weighted by Gasteiger charge is -2.39. The molecule has 1 aliphatic heterocycles. The Morgan fingerprint density at radius 1 is 1.32 bits per heavy atom. The summed E-state index contributed by atoms with van der Waals surface area (Å²) in [7, 11) is 1.99. The molecular formula is C15H20N2OS. The minimum absolute atomic E-state index is 0.186. The summed E-state index contributed by atoms with van der Waals surface area (Å²) in [5.41, 5.74) is 1.98. The van der Waals surface area contributed by atoms with Crippen molar-refractivity contribution >= 4 is 27.5 Å². The Morgan fingerprint density at radius 2 is 2.00 bits per heavy atom. The second-order valence-corrected chi connectivity index (χ2v) is 6.55. The molecule has 1 aliphatic rings. The molecule has 1 saturated heterocycles. The summed E-state index contributed by atoms with van der Waals surface area (Å²) in [6.45, 7) is 4.33. The Bertz CT molecular complexity index is 603. The molecule has 3 nitrogen and oxygen atoms in total. The first-order valence-electron chi connectivity index (χ1n) is 6.95. The van der Waals surface area contributed by atoms with Gasteiger partial charge in [-0.2, -0.15) is 0 Å². The Labute approximate surface area is 117 Å². The molecule has 4 heteroatoms. The van der Waals surface area contributed by atoms with E-state index < -0.39 is 0 Å². The molecule has 0 aromatic carbocycles. The van der Waals surface area contributed by atoms with Gasteiger partial charge in [0.25, 0.3) is 5.91 Å². The number of aryl methyl sites for hydroxylation is 1. The molecule has 0 unspecified atom stereocenters. The predicted molar refractivity (Wildman–Crippen MR) is 79.7 cm³/mol. The number of piperidine rings is 1. The number of aromatic nitrogens is 1.